The van der Waals surface area contributed by atoms with E-state index in [1.807, 2.05) is 13.0 Å². The second kappa shape index (κ2) is 6.15. The maximum absolute atomic E-state index is 13.0. The van der Waals surface area contributed by atoms with Crippen molar-refractivity contribution in [1.29, 1.82) is 0 Å². The van der Waals surface area contributed by atoms with Crippen molar-refractivity contribution in [2.24, 2.45) is 0 Å². The van der Waals surface area contributed by atoms with E-state index in [0.717, 1.165) is 5.56 Å². The third-order valence-corrected chi connectivity index (χ3v) is 2.52. The number of carboxylic acids is 1. The molecule has 0 aliphatic heterocycles. The highest BCUT2D eigenvalue weighted by atomic mass is 19.1. The van der Waals surface area contributed by atoms with E-state index < -0.39 is 5.97 Å². The summed E-state index contributed by atoms with van der Waals surface area (Å²) in [5.74, 6) is -1.20. The first kappa shape index (κ1) is 13.4. The molecule has 2 N–H and O–H groups in total. The lowest BCUT2D eigenvalue weighted by molar-refractivity contribution is -0.132. The summed E-state index contributed by atoms with van der Waals surface area (Å²) >= 11 is 0. The number of carboxylic acid groups (broad SMARTS) is 1. The van der Waals surface area contributed by atoms with Crippen molar-refractivity contribution < 1.29 is 14.3 Å². The van der Waals surface area contributed by atoms with Crippen LogP contribution in [0.25, 0.3) is 0 Å². The van der Waals surface area contributed by atoms with Crippen LogP contribution < -0.4 is 5.32 Å². The van der Waals surface area contributed by atoms with Gasteiger partial charge in [0.25, 0.3) is 0 Å². The molecule has 0 aliphatic carbocycles. The van der Waals surface area contributed by atoms with Crippen LogP contribution >= 0.6 is 0 Å². The number of halogens is 1. The first-order chi connectivity index (χ1) is 8.00. The Morgan fingerprint density at radius 1 is 1.59 bits per heavy atom. The molecule has 3 nitrogen and oxygen atoms in total. The fraction of sp³-hybridized carbons (Fsp3) is 0.308. The highest BCUT2D eigenvalue weighted by Gasteiger charge is 2.05. The van der Waals surface area contributed by atoms with Crippen molar-refractivity contribution in [1.82, 2.24) is 5.32 Å². The number of hydrogen-bond donors (Lipinski definition) is 2. The lowest BCUT2D eigenvalue weighted by atomic mass is 10.1. The number of nitrogens with one attached hydrogen (secondary N) is 1. The van der Waals surface area contributed by atoms with Gasteiger partial charge in [0, 0.05) is 18.2 Å². The van der Waals surface area contributed by atoms with E-state index >= 15 is 0 Å². The predicted molar refractivity (Wildman–Crippen MR) is 64.2 cm³/mol. The standard InChI is InChI=1S/C13H16FNO2/c1-9(13(16)17)6-7-15-10(2)11-4-3-5-12(14)8-11/h3-6,8,10,15H,7H2,1-2H3,(H,16,17)/b9-6-. The first-order valence-corrected chi connectivity index (χ1v) is 5.39. The number of rotatable bonds is 5. The van der Waals surface area contributed by atoms with Crippen molar-refractivity contribution in [2.75, 3.05) is 6.54 Å². The Balaban J connectivity index is 2.53. The molecule has 1 aromatic rings. The Morgan fingerprint density at radius 3 is 2.88 bits per heavy atom. The Bertz CT molecular complexity index is 429. The van der Waals surface area contributed by atoms with E-state index in [2.05, 4.69) is 5.32 Å². The minimum absolute atomic E-state index is 0.0245. The zero-order valence-corrected chi connectivity index (χ0v) is 9.90. The quantitative estimate of drug-likeness (QED) is 0.773. The van der Waals surface area contributed by atoms with Crippen molar-refractivity contribution >= 4 is 5.97 Å². The molecule has 0 radical (unpaired) electrons. The fourth-order valence-electron chi connectivity index (χ4n) is 1.37. The third kappa shape index (κ3) is 4.36. The highest BCUT2D eigenvalue weighted by Crippen LogP contribution is 2.13. The van der Waals surface area contributed by atoms with Crippen molar-refractivity contribution in [3.05, 3.63) is 47.3 Å². The molecule has 0 fully saturated rings. The topological polar surface area (TPSA) is 49.3 Å². The van der Waals surface area contributed by atoms with Gasteiger partial charge < -0.3 is 10.4 Å². The van der Waals surface area contributed by atoms with Crippen LogP contribution in [0, 0.1) is 5.82 Å². The Morgan fingerprint density at radius 2 is 2.29 bits per heavy atom. The molecule has 92 valence electrons. The van der Waals surface area contributed by atoms with Gasteiger partial charge in [0.05, 0.1) is 0 Å². The van der Waals surface area contributed by atoms with E-state index in [1.165, 1.54) is 19.1 Å². The summed E-state index contributed by atoms with van der Waals surface area (Å²) in [6.07, 6.45) is 1.60. The van der Waals surface area contributed by atoms with E-state index in [0.29, 0.717) is 12.1 Å². The minimum atomic E-state index is -0.926. The molecule has 17 heavy (non-hydrogen) atoms. The largest absolute Gasteiger partial charge is 0.478 e. The average molecular weight is 237 g/mol. The van der Waals surface area contributed by atoms with Crippen LogP contribution in [-0.2, 0) is 4.79 Å². The second-order valence-electron chi connectivity index (χ2n) is 3.88. The van der Waals surface area contributed by atoms with Gasteiger partial charge in [0.1, 0.15) is 5.82 Å². The summed E-state index contributed by atoms with van der Waals surface area (Å²) in [4.78, 5) is 10.5. The molecule has 0 aromatic heterocycles. The van der Waals surface area contributed by atoms with E-state index in [4.69, 9.17) is 5.11 Å². The molecule has 0 heterocycles. The van der Waals surface area contributed by atoms with Crippen molar-refractivity contribution in [3.63, 3.8) is 0 Å². The molecule has 0 saturated carbocycles. The molecule has 0 spiro atoms. The van der Waals surface area contributed by atoms with Crippen LogP contribution in [0.5, 0.6) is 0 Å². The first-order valence-electron chi connectivity index (χ1n) is 5.39. The van der Waals surface area contributed by atoms with Gasteiger partial charge in [-0.1, -0.05) is 18.2 Å². The summed E-state index contributed by atoms with van der Waals surface area (Å²) in [5.41, 5.74) is 1.13. The number of benzene rings is 1. The van der Waals surface area contributed by atoms with E-state index in [9.17, 15) is 9.18 Å². The molecule has 1 rings (SSSR count). The fourth-order valence-corrected chi connectivity index (χ4v) is 1.37. The van der Waals surface area contributed by atoms with Crippen LogP contribution in [0.3, 0.4) is 0 Å². The maximum atomic E-state index is 13.0. The van der Waals surface area contributed by atoms with Gasteiger partial charge >= 0.3 is 5.97 Å². The molecule has 0 amide bonds. The molecule has 1 atom stereocenters. The van der Waals surface area contributed by atoms with Gasteiger partial charge in [0.15, 0.2) is 0 Å². The average Bonchev–Trinajstić information content (AvgIpc) is 2.28. The summed E-state index contributed by atoms with van der Waals surface area (Å²) < 4.78 is 13.0. The van der Waals surface area contributed by atoms with Crippen LogP contribution in [0.4, 0.5) is 4.39 Å². The van der Waals surface area contributed by atoms with Crippen LogP contribution in [0.2, 0.25) is 0 Å². The smallest absolute Gasteiger partial charge is 0.330 e. The maximum Gasteiger partial charge on any atom is 0.330 e. The van der Waals surface area contributed by atoms with Gasteiger partial charge in [-0.2, -0.15) is 0 Å². The lowest BCUT2D eigenvalue weighted by Crippen LogP contribution is -2.19. The summed E-state index contributed by atoms with van der Waals surface area (Å²) in [6.45, 7) is 3.88. The Hall–Kier alpha value is -1.68. The molecule has 0 bridgehead atoms. The minimum Gasteiger partial charge on any atom is -0.478 e. The molecule has 4 heteroatoms. The van der Waals surface area contributed by atoms with Gasteiger partial charge in [-0.25, -0.2) is 9.18 Å². The van der Waals surface area contributed by atoms with Gasteiger partial charge in [0.2, 0.25) is 0 Å². The summed E-state index contributed by atoms with van der Waals surface area (Å²) in [7, 11) is 0. The highest BCUT2D eigenvalue weighted by molar-refractivity contribution is 5.85. The van der Waals surface area contributed by atoms with Gasteiger partial charge in [-0.05, 0) is 31.5 Å². The number of carbonyl (C=O) groups is 1. The molecular weight excluding hydrogens is 221 g/mol. The van der Waals surface area contributed by atoms with E-state index in [1.54, 1.807) is 12.1 Å². The zero-order chi connectivity index (χ0) is 12.8. The van der Waals surface area contributed by atoms with Gasteiger partial charge in [-0.15, -0.1) is 0 Å². The Kier molecular flexibility index (Phi) is 4.84. The summed E-state index contributed by atoms with van der Waals surface area (Å²) in [6, 6.07) is 6.31. The molecular formula is C13H16FNO2. The molecule has 1 aromatic carbocycles. The number of aliphatic carboxylic acids is 1. The SMILES string of the molecule is C/C(=C/CNC(C)c1cccc(F)c1)C(=O)O. The van der Waals surface area contributed by atoms with Crippen molar-refractivity contribution in [2.45, 2.75) is 19.9 Å². The van der Waals surface area contributed by atoms with E-state index in [-0.39, 0.29) is 11.9 Å². The Labute approximate surface area is 100.0 Å². The zero-order valence-electron chi connectivity index (χ0n) is 9.90. The van der Waals surface area contributed by atoms with Crippen LogP contribution in [0.15, 0.2) is 35.9 Å². The van der Waals surface area contributed by atoms with Gasteiger partial charge in [-0.3, -0.25) is 0 Å². The molecule has 0 aliphatic rings. The predicted octanol–water partition coefficient (Wildman–Crippen LogP) is 2.51. The number of hydrogen-bond acceptors (Lipinski definition) is 2. The molecule has 0 saturated heterocycles. The molecule has 1 unspecified atom stereocenters. The monoisotopic (exact) mass is 237 g/mol. The van der Waals surface area contributed by atoms with Crippen LogP contribution in [0.1, 0.15) is 25.5 Å². The van der Waals surface area contributed by atoms with Crippen molar-refractivity contribution in [3.8, 4) is 0 Å². The lowest BCUT2D eigenvalue weighted by Gasteiger charge is -2.12. The third-order valence-electron chi connectivity index (χ3n) is 2.52. The second-order valence-corrected chi connectivity index (χ2v) is 3.88. The van der Waals surface area contributed by atoms with Crippen LogP contribution in [-0.4, -0.2) is 17.6 Å². The summed E-state index contributed by atoms with van der Waals surface area (Å²) in [5, 5.41) is 11.8. The normalized spacial score (nSPS) is 13.5.